The van der Waals surface area contributed by atoms with Crippen molar-refractivity contribution in [2.75, 3.05) is 0 Å². The molecule has 1 atom stereocenters. The molecule has 9 nitrogen and oxygen atoms in total. The van der Waals surface area contributed by atoms with E-state index >= 15 is 0 Å². The second kappa shape index (κ2) is 24.1. The number of aliphatic carboxylic acids is 2. The van der Waals surface area contributed by atoms with Gasteiger partial charge in [0.05, 0.1) is 12.1 Å². The third-order valence-corrected chi connectivity index (χ3v) is 0.632. The van der Waals surface area contributed by atoms with E-state index in [2.05, 4.69) is 0 Å². The number of carbonyl (C=O) groups excluding carboxylic acids is 2. The Hall–Kier alpha value is 0.740. The van der Waals surface area contributed by atoms with Gasteiger partial charge < -0.3 is 46.8 Å². The zero-order valence-corrected chi connectivity index (χ0v) is 12.4. The van der Waals surface area contributed by atoms with E-state index in [-0.39, 0.29) is 81.0 Å². The second-order valence-corrected chi connectivity index (χ2v) is 1.41. The Balaban J connectivity index is -0.0000000213. The summed E-state index contributed by atoms with van der Waals surface area (Å²) in [7, 11) is 0. The number of aliphatic hydroxyl groups is 1. The van der Waals surface area contributed by atoms with E-state index in [4.69, 9.17) is 5.11 Å². The molecule has 84 valence electrons. The Morgan fingerprint density at radius 2 is 1.27 bits per heavy atom. The number of aliphatic hydroxyl groups excluding tert-OH is 1. The number of rotatable bonds is 3. The summed E-state index contributed by atoms with van der Waals surface area (Å²) in [4.78, 5) is 19.1. The van der Waals surface area contributed by atoms with E-state index in [0.717, 1.165) is 0 Å². The molecule has 11 heteroatoms. The molecule has 0 aliphatic carbocycles. The quantitative estimate of drug-likeness (QED) is 0.479. The summed E-state index contributed by atoms with van der Waals surface area (Å²) in [5.41, 5.74) is 0. The summed E-state index contributed by atoms with van der Waals surface area (Å²) in [6.07, 6.45) is -2.89. The first kappa shape index (κ1) is 44.8. The van der Waals surface area contributed by atoms with Crippen LogP contribution in [0.25, 0.3) is 0 Å². The van der Waals surface area contributed by atoms with Crippen molar-refractivity contribution in [1.29, 1.82) is 0 Å². The van der Waals surface area contributed by atoms with Gasteiger partial charge in [0.25, 0.3) is 0 Å². The molecule has 0 aliphatic rings. The fourth-order valence-electron chi connectivity index (χ4n) is 0.241. The maximum absolute atomic E-state index is 9.58. The van der Waals surface area contributed by atoms with Crippen molar-refractivity contribution >= 4 is 11.9 Å². The van der Waals surface area contributed by atoms with E-state index < -0.39 is 24.5 Å². The van der Waals surface area contributed by atoms with Gasteiger partial charge in [-0.1, -0.05) is 0 Å². The van der Waals surface area contributed by atoms with Crippen molar-refractivity contribution in [3.05, 3.63) is 0 Å². The van der Waals surface area contributed by atoms with E-state index in [1.54, 1.807) is 0 Å². The summed E-state index contributed by atoms with van der Waals surface area (Å²) < 4.78 is 0. The minimum Gasteiger partial charge on any atom is -0.550 e. The molecule has 9 N–H and O–H groups in total. The Kier molecular flexibility index (Phi) is 72.0. The monoisotopic (exact) mass is 250 g/mol. The van der Waals surface area contributed by atoms with Gasteiger partial charge in [0.15, 0.2) is 0 Å². The Morgan fingerprint density at radius 1 is 1.00 bits per heavy atom. The smallest absolute Gasteiger partial charge is 0.550 e. The number of hydrogen-bond donors (Lipinski definition) is 1. The van der Waals surface area contributed by atoms with Gasteiger partial charge in [-0.2, -0.15) is 0 Å². The van der Waals surface area contributed by atoms with Crippen LogP contribution in [-0.2, 0) is 9.59 Å². The molecule has 0 bridgehead atoms. The summed E-state index contributed by atoms with van der Waals surface area (Å²) in [6, 6.07) is 0. The third-order valence-electron chi connectivity index (χ3n) is 0.632. The zero-order chi connectivity index (χ0) is 7.44. The molecule has 15 heavy (non-hydrogen) atoms. The van der Waals surface area contributed by atoms with Crippen molar-refractivity contribution < 1.29 is 106 Å². The van der Waals surface area contributed by atoms with Gasteiger partial charge >= 0.3 is 59.1 Å². The van der Waals surface area contributed by atoms with E-state index in [1.807, 2.05) is 0 Å². The molecule has 0 saturated heterocycles. The van der Waals surface area contributed by atoms with Gasteiger partial charge in [0, 0.05) is 12.4 Å². The van der Waals surface area contributed by atoms with Gasteiger partial charge in [-0.15, -0.1) is 0 Å². The second-order valence-electron chi connectivity index (χ2n) is 1.41. The first-order valence-corrected chi connectivity index (χ1v) is 2.13. The average molecular weight is 250 g/mol. The SMILES string of the molecule is O.O.O.O.O=C([O-])C[C@H](O)C(=O)[O-].[Na+].[Na+]. The van der Waals surface area contributed by atoms with Crippen LogP contribution in [-0.4, -0.2) is 45.1 Å². The maximum atomic E-state index is 9.58. The third kappa shape index (κ3) is 31.3. The summed E-state index contributed by atoms with van der Waals surface area (Å²) in [5, 5.41) is 27.3. The molecule has 0 radical (unpaired) electrons. The summed E-state index contributed by atoms with van der Waals surface area (Å²) >= 11 is 0. The predicted molar refractivity (Wildman–Crippen MR) is 35.1 cm³/mol. The molecule has 0 unspecified atom stereocenters. The molecule has 0 aromatic heterocycles. The molecule has 0 saturated carbocycles. The van der Waals surface area contributed by atoms with Crippen molar-refractivity contribution in [3.8, 4) is 0 Å². The molecule has 0 amide bonds. The maximum Gasteiger partial charge on any atom is 1.00 e. The molecular weight excluding hydrogens is 238 g/mol. The van der Waals surface area contributed by atoms with Gasteiger partial charge in [-0.05, 0) is 0 Å². The minimum atomic E-state index is -1.96. The fraction of sp³-hybridized carbons (Fsp3) is 0.500. The van der Waals surface area contributed by atoms with Gasteiger partial charge in [-0.3, -0.25) is 0 Å². The van der Waals surface area contributed by atoms with Crippen LogP contribution in [0.5, 0.6) is 0 Å². The summed E-state index contributed by atoms with van der Waals surface area (Å²) in [6.45, 7) is 0. The predicted octanol–water partition coefficient (Wildman–Crippen LogP) is -13.1. The largest absolute Gasteiger partial charge is 1.00 e. The molecule has 0 rings (SSSR count). The molecule has 0 aromatic rings. The van der Waals surface area contributed by atoms with Crippen LogP contribution in [0.3, 0.4) is 0 Å². The van der Waals surface area contributed by atoms with Gasteiger partial charge in [0.2, 0.25) is 0 Å². The van der Waals surface area contributed by atoms with Crippen molar-refractivity contribution in [3.63, 3.8) is 0 Å². The minimum absolute atomic E-state index is 0. The molecule has 0 fully saturated rings. The fourth-order valence-corrected chi connectivity index (χ4v) is 0.241. The number of carbonyl (C=O) groups is 2. The Labute approximate surface area is 129 Å². The van der Waals surface area contributed by atoms with Crippen LogP contribution in [0.1, 0.15) is 6.42 Å². The van der Waals surface area contributed by atoms with Crippen LogP contribution in [0.2, 0.25) is 0 Å². The van der Waals surface area contributed by atoms with Gasteiger partial charge in [-0.25, -0.2) is 0 Å². The first-order chi connectivity index (χ1) is 4.04. The summed E-state index contributed by atoms with van der Waals surface area (Å²) in [5.74, 6) is -3.43. The molecule has 0 spiro atoms. The van der Waals surface area contributed by atoms with Crippen LogP contribution >= 0.6 is 0 Å². The van der Waals surface area contributed by atoms with Crippen LogP contribution in [0, 0.1) is 0 Å². The topological polar surface area (TPSA) is 226 Å². The van der Waals surface area contributed by atoms with Crippen LogP contribution in [0.4, 0.5) is 0 Å². The molecule has 0 aromatic carbocycles. The van der Waals surface area contributed by atoms with E-state index in [0.29, 0.717) is 0 Å². The van der Waals surface area contributed by atoms with Gasteiger partial charge in [0.1, 0.15) is 0 Å². The van der Waals surface area contributed by atoms with Crippen molar-refractivity contribution in [2.45, 2.75) is 12.5 Å². The standard InChI is InChI=1S/C4H6O5.2Na.4H2O/c5-2(4(8)9)1-3(6)7;;;;;;/h2,5H,1H2,(H,6,7)(H,8,9);;;4*1H2/q;2*+1;;;;/p-2/t2-;;;;;;/m0....../s1. The van der Waals surface area contributed by atoms with Crippen molar-refractivity contribution in [2.24, 2.45) is 0 Å². The average Bonchev–Trinajstić information content (AvgIpc) is 1.63. The number of carboxylic acids is 2. The zero-order valence-electron chi connectivity index (χ0n) is 8.36. The molecular formula is C4H12Na2O9. The van der Waals surface area contributed by atoms with Crippen molar-refractivity contribution in [1.82, 2.24) is 0 Å². The van der Waals surface area contributed by atoms with E-state index in [1.165, 1.54) is 0 Å². The van der Waals surface area contributed by atoms with Crippen LogP contribution in [0.15, 0.2) is 0 Å². The first-order valence-electron chi connectivity index (χ1n) is 2.13. The normalized spacial score (nSPS) is 7.53. The Bertz CT molecular complexity index is 140. The number of hydrogen-bond acceptors (Lipinski definition) is 5. The van der Waals surface area contributed by atoms with Crippen LogP contribution < -0.4 is 69.3 Å². The molecule has 0 aliphatic heterocycles. The van der Waals surface area contributed by atoms with E-state index in [9.17, 15) is 19.8 Å². The number of carboxylic acid groups (broad SMARTS) is 2. The Morgan fingerprint density at radius 3 is 1.33 bits per heavy atom. The molecule has 0 heterocycles.